The van der Waals surface area contributed by atoms with E-state index in [1.54, 1.807) is 0 Å². The molecule has 1 aromatic heterocycles. The maximum absolute atomic E-state index is 12.2. The number of rotatable bonds is 3. The maximum Gasteiger partial charge on any atom is 0.267 e. The van der Waals surface area contributed by atoms with E-state index in [0.29, 0.717) is 16.4 Å². The number of nitrogens with zero attached hydrogens (tertiary/aromatic N) is 1. The first-order valence-electron chi connectivity index (χ1n) is 6.12. The molecule has 0 bridgehead atoms. The van der Waals surface area contributed by atoms with Crippen molar-refractivity contribution in [2.75, 3.05) is 12.0 Å². The van der Waals surface area contributed by atoms with Crippen molar-refractivity contribution < 1.29 is 4.79 Å². The zero-order valence-electron chi connectivity index (χ0n) is 11.3. The van der Waals surface area contributed by atoms with Gasteiger partial charge >= 0.3 is 0 Å². The lowest BCUT2D eigenvalue weighted by molar-refractivity contribution is 0.0971. The van der Waals surface area contributed by atoms with E-state index in [-0.39, 0.29) is 11.6 Å². The van der Waals surface area contributed by atoms with Crippen LogP contribution in [0.3, 0.4) is 0 Å². The molecular weight excluding hydrogens is 290 g/mol. The molecular formula is C14H15N3OS2. The minimum Gasteiger partial charge on any atom is -0.396 e. The lowest BCUT2D eigenvalue weighted by Gasteiger charge is -2.12. The number of carbonyl (C=O) groups excluding carboxylic acids is 1. The highest BCUT2D eigenvalue weighted by atomic mass is 32.2. The second kappa shape index (κ2) is 6.16. The van der Waals surface area contributed by atoms with Crippen molar-refractivity contribution in [3.05, 3.63) is 34.4 Å². The molecule has 3 N–H and O–H groups in total. The summed E-state index contributed by atoms with van der Waals surface area (Å²) in [6.45, 7) is 2.12. The molecule has 1 aliphatic carbocycles. The first kappa shape index (κ1) is 14.7. The third kappa shape index (κ3) is 2.89. The van der Waals surface area contributed by atoms with Crippen LogP contribution in [0.2, 0.25) is 0 Å². The van der Waals surface area contributed by atoms with Gasteiger partial charge in [0.1, 0.15) is 16.5 Å². The van der Waals surface area contributed by atoms with Gasteiger partial charge in [0.05, 0.1) is 9.90 Å². The summed E-state index contributed by atoms with van der Waals surface area (Å²) in [7, 11) is 0. The number of thiophene rings is 1. The van der Waals surface area contributed by atoms with Crippen molar-refractivity contribution in [1.29, 1.82) is 5.26 Å². The quantitative estimate of drug-likeness (QED) is 0.841. The minimum atomic E-state index is -0.255. The van der Waals surface area contributed by atoms with E-state index in [9.17, 15) is 4.79 Å². The number of nitrogen functional groups attached to an aromatic ring is 1. The molecule has 1 unspecified atom stereocenters. The van der Waals surface area contributed by atoms with Crippen LogP contribution in [-0.2, 0) is 0 Å². The average molecular weight is 305 g/mol. The van der Waals surface area contributed by atoms with Crippen LogP contribution >= 0.6 is 23.1 Å². The number of allylic oxidation sites excluding steroid dienone is 3. The van der Waals surface area contributed by atoms with E-state index in [4.69, 9.17) is 11.0 Å². The number of nitrogens with two attached hydrogens (primary N) is 1. The summed E-state index contributed by atoms with van der Waals surface area (Å²) in [5.41, 5.74) is 7.35. The summed E-state index contributed by atoms with van der Waals surface area (Å²) >= 11 is 2.69. The summed E-state index contributed by atoms with van der Waals surface area (Å²) < 4.78 is 0.775. The number of amides is 1. The van der Waals surface area contributed by atoms with E-state index < -0.39 is 0 Å². The first-order chi connectivity index (χ1) is 9.56. The minimum absolute atomic E-state index is 0.255. The van der Waals surface area contributed by atoms with Crippen LogP contribution in [0.5, 0.6) is 0 Å². The Kier molecular flexibility index (Phi) is 4.53. The molecule has 104 valence electrons. The Morgan fingerprint density at radius 2 is 2.40 bits per heavy atom. The molecule has 0 fully saturated rings. The fraction of sp³-hybridized carbons (Fsp3) is 0.286. The Labute approximate surface area is 126 Å². The molecule has 0 saturated heterocycles. The molecule has 0 spiro atoms. The second-order valence-electron chi connectivity index (χ2n) is 4.51. The van der Waals surface area contributed by atoms with Gasteiger partial charge in [0.15, 0.2) is 0 Å². The number of nitrogens with one attached hydrogen (secondary N) is 1. The van der Waals surface area contributed by atoms with Crippen LogP contribution in [0.25, 0.3) is 0 Å². The molecule has 6 heteroatoms. The topological polar surface area (TPSA) is 78.9 Å². The zero-order valence-corrected chi connectivity index (χ0v) is 12.9. The Morgan fingerprint density at radius 1 is 1.65 bits per heavy atom. The van der Waals surface area contributed by atoms with Gasteiger partial charge in [-0.1, -0.05) is 19.1 Å². The number of carbonyl (C=O) groups is 1. The molecule has 0 saturated carbocycles. The second-order valence-corrected chi connectivity index (χ2v) is 6.60. The number of nitriles is 1. The molecule has 1 atom stereocenters. The maximum atomic E-state index is 12.2. The molecule has 1 aromatic rings. The van der Waals surface area contributed by atoms with Gasteiger partial charge in [-0.05, 0) is 24.7 Å². The van der Waals surface area contributed by atoms with Crippen LogP contribution in [0.1, 0.15) is 28.6 Å². The van der Waals surface area contributed by atoms with E-state index in [2.05, 4.69) is 24.4 Å². The van der Waals surface area contributed by atoms with Gasteiger partial charge in [-0.2, -0.15) is 5.26 Å². The normalized spacial score (nSPS) is 17.4. The van der Waals surface area contributed by atoms with Crippen molar-refractivity contribution in [2.24, 2.45) is 5.92 Å². The molecule has 4 nitrogen and oxygen atoms in total. The predicted octanol–water partition coefficient (Wildman–Crippen LogP) is 3.13. The first-order valence-corrected chi connectivity index (χ1v) is 8.17. The van der Waals surface area contributed by atoms with Crippen molar-refractivity contribution in [3.63, 3.8) is 0 Å². The van der Waals surface area contributed by atoms with E-state index in [1.807, 2.05) is 18.4 Å². The van der Waals surface area contributed by atoms with Gasteiger partial charge in [0.2, 0.25) is 0 Å². The summed E-state index contributed by atoms with van der Waals surface area (Å²) in [6.07, 6.45) is 8.72. The molecule has 1 amide bonds. The van der Waals surface area contributed by atoms with E-state index in [1.165, 1.54) is 23.1 Å². The van der Waals surface area contributed by atoms with E-state index in [0.717, 1.165) is 16.3 Å². The molecule has 20 heavy (non-hydrogen) atoms. The Hall–Kier alpha value is -1.71. The van der Waals surface area contributed by atoms with Gasteiger partial charge < -0.3 is 11.1 Å². The largest absolute Gasteiger partial charge is 0.396 e. The summed E-state index contributed by atoms with van der Waals surface area (Å²) in [4.78, 5) is 12.6. The predicted molar refractivity (Wildman–Crippen MR) is 83.7 cm³/mol. The summed E-state index contributed by atoms with van der Waals surface area (Å²) in [6, 6.07) is 2.06. The highest BCUT2D eigenvalue weighted by molar-refractivity contribution is 8.00. The van der Waals surface area contributed by atoms with Crippen molar-refractivity contribution in [3.8, 4) is 6.07 Å². The van der Waals surface area contributed by atoms with Gasteiger partial charge in [-0.15, -0.1) is 23.1 Å². The third-order valence-electron chi connectivity index (χ3n) is 2.99. The molecule has 0 aliphatic heterocycles. The summed E-state index contributed by atoms with van der Waals surface area (Å²) in [5, 5.41) is 11.9. The van der Waals surface area contributed by atoms with Gasteiger partial charge in [0.25, 0.3) is 5.91 Å². The van der Waals surface area contributed by atoms with Crippen LogP contribution in [0.15, 0.2) is 28.1 Å². The van der Waals surface area contributed by atoms with Crippen LogP contribution in [0, 0.1) is 17.2 Å². The molecule has 0 radical (unpaired) electrons. The summed E-state index contributed by atoms with van der Waals surface area (Å²) in [5.74, 6) is 0.241. The van der Waals surface area contributed by atoms with Crippen molar-refractivity contribution in [1.82, 2.24) is 5.32 Å². The molecule has 0 aromatic carbocycles. The van der Waals surface area contributed by atoms with Gasteiger partial charge in [-0.3, -0.25) is 4.79 Å². The SMILES string of the molecule is CSc1sc(C(=O)NC2=CCC(C)C=C2)c(N)c1C#N. The van der Waals surface area contributed by atoms with Crippen molar-refractivity contribution in [2.45, 2.75) is 17.6 Å². The monoisotopic (exact) mass is 305 g/mol. The average Bonchev–Trinajstić information content (AvgIpc) is 2.77. The third-order valence-corrected chi connectivity index (χ3v) is 5.31. The zero-order chi connectivity index (χ0) is 14.7. The number of anilines is 1. The number of hydrogen-bond donors (Lipinski definition) is 2. The van der Waals surface area contributed by atoms with Crippen molar-refractivity contribution >= 4 is 34.7 Å². The van der Waals surface area contributed by atoms with Crippen LogP contribution in [-0.4, -0.2) is 12.2 Å². The molecule has 1 heterocycles. The molecule has 1 aliphatic rings. The fourth-order valence-corrected chi connectivity index (χ4v) is 3.59. The Bertz CT molecular complexity index is 638. The van der Waals surface area contributed by atoms with Crippen LogP contribution < -0.4 is 11.1 Å². The van der Waals surface area contributed by atoms with Gasteiger partial charge in [0, 0.05) is 5.70 Å². The highest BCUT2D eigenvalue weighted by Crippen LogP contribution is 2.36. The highest BCUT2D eigenvalue weighted by Gasteiger charge is 2.21. The lowest BCUT2D eigenvalue weighted by atomic mass is 10.0. The van der Waals surface area contributed by atoms with Crippen LogP contribution in [0.4, 0.5) is 5.69 Å². The number of thioether (sulfide) groups is 1. The molecule has 2 rings (SSSR count). The van der Waals surface area contributed by atoms with Gasteiger partial charge in [-0.25, -0.2) is 0 Å². The fourth-order valence-electron chi connectivity index (χ4n) is 1.85. The Morgan fingerprint density at radius 3 is 2.90 bits per heavy atom. The smallest absolute Gasteiger partial charge is 0.267 e. The van der Waals surface area contributed by atoms with E-state index >= 15 is 0 Å². The standard InChI is InChI=1S/C14H15N3OS2/c1-8-3-5-9(6-4-8)17-13(18)12-11(16)10(7-15)14(19-2)20-12/h3,5-6,8H,4,16H2,1-2H3,(H,17,18). The Balaban J connectivity index is 2.21. The lowest BCUT2D eigenvalue weighted by Crippen LogP contribution is -2.22. The number of hydrogen-bond acceptors (Lipinski definition) is 5.